The minimum atomic E-state index is -1.63. The normalized spacial score (nSPS) is 29.0. The Labute approximate surface area is 127 Å². The summed E-state index contributed by atoms with van der Waals surface area (Å²) < 4.78 is 4.87. The van der Waals surface area contributed by atoms with Crippen molar-refractivity contribution in [1.82, 2.24) is 0 Å². The lowest BCUT2D eigenvalue weighted by atomic mass is 10.0. The zero-order valence-electron chi connectivity index (χ0n) is 12.2. The lowest BCUT2D eigenvalue weighted by Crippen LogP contribution is -2.40. The summed E-state index contributed by atoms with van der Waals surface area (Å²) in [4.78, 5) is 38.1. The standard InChI is InChI=1S/C16H14N2O4/c1-3-22-15(21)16(8-17)11-12(16)14(20)18(13(11)19)10-6-4-5-9(2)7-10/h4-7,11-12H,3H2,1-2H3/t11-,12+,16?. The van der Waals surface area contributed by atoms with Gasteiger partial charge in [-0.05, 0) is 31.5 Å². The Balaban J connectivity index is 1.94. The van der Waals surface area contributed by atoms with E-state index in [-0.39, 0.29) is 6.61 Å². The van der Waals surface area contributed by atoms with E-state index in [9.17, 15) is 19.6 Å². The number of hydrogen-bond acceptors (Lipinski definition) is 5. The van der Waals surface area contributed by atoms with Crippen LogP contribution in [0.5, 0.6) is 0 Å². The maximum absolute atomic E-state index is 12.5. The van der Waals surface area contributed by atoms with Crippen molar-refractivity contribution >= 4 is 23.5 Å². The van der Waals surface area contributed by atoms with Crippen molar-refractivity contribution in [3.05, 3.63) is 29.8 Å². The topological polar surface area (TPSA) is 87.5 Å². The van der Waals surface area contributed by atoms with Gasteiger partial charge >= 0.3 is 5.97 Å². The maximum Gasteiger partial charge on any atom is 0.328 e. The molecule has 0 spiro atoms. The monoisotopic (exact) mass is 298 g/mol. The number of nitriles is 1. The van der Waals surface area contributed by atoms with E-state index in [0.717, 1.165) is 10.5 Å². The molecule has 1 heterocycles. The Morgan fingerprint density at radius 1 is 1.36 bits per heavy atom. The summed E-state index contributed by atoms with van der Waals surface area (Å²) >= 11 is 0. The van der Waals surface area contributed by atoms with E-state index in [0.29, 0.717) is 5.69 Å². The number of rotatable bonds is 3. The van der Waals surface area contributed by atoms with E-state index in [2.05, 4.69) is 0 Å². The Hall–Kier alpha value is -2.68. The highest BCUT2D eigenvalue weighted by Crippen LogP contribution is 2.64. The molecular formula is C16H14N2O4. The summed E-state index contributed by atoms with van der Waals surface area (Å²) in [5.74, 6) is -3.64. The molecule has 1 aliphatic carbocycles. The molecule has 1 unspecified atom stereocenters. The Kier molecular flexibility index (Phi) is 3.03. The first-order valence-electron chi connectivity index (χ1n) is 7.02. The quantitative estimate of drug-likeness (QED) is 0.618. The van der Waals surface area contributed by atoms with Crippen molar-refractivity contribution in [3.8, 4) is 6.07 Å². The predicted octanol–water partition coefficient (Wildman–Crippen LogP) is 1.19. The van der Waals surface area contributed by atoms with Crippen LogP contribution in [-0.4, -0.2) is 24.4 Å². The minimum Gasteiger partial charge on any atom is -0.465 e. The van der Waals surface area contributed by atoms with Crippen molar-refractivity contribution in [1.29, 1.82) is 5.26 Å². The highest BCUT2D eigenvalue weighted by molar-refractivity contribution is 6.29. The van der Waals surface area contributed by atoms with E-state index in [1.807, 2.05) is 19.1 Å². The molecule has 3 rings (SSSR count). The highest BCUT2D eigenvalue weighted by atomic mass is 16.5. The average molecular weight is 298 g/mol. The van der Waals surface area contributed by atoms with E-state index in [1.54, 1.807) is 25.1 Å². The predicted molar refractivity (Wildman–Crippen MR) is 75.3 cm³/mol. The first-order valence-corrected chi connectivity index (χ1v) is 7.02. The molecule has 1 aliphatic heterocycles. The molecule has 1 saturated heterocycles. The van der Waals surface area contributed by atoms with Crippen molar-refractivity contribution in [2.45, 2.75) is 13.8 Å². The second-order valence-corrected chi connectivity index (χ2v) is 5.51. The number of hydrogen-bond donors (Lipinski definition) is 0. The summed E-state index contributed by atoms with van der Waals surface area (Å²) in [5, 5.41) is 9.32. The summed E-state index contributed by atoms with van der Waals surface area (Å²) in [6.07, 6.45) is 0. The first-order chi connectivity index (χ1) is 10.5. The number of ether oxygens (including phenoxy) is 1. The highest BCUT2D eigenvalue weighted by Gasteiger charge is 2.83. The van der Waals surface area contributed by atoms with Gasteiger partial charge in [0, 0.05) is 0 Å². The van der Waals surface area contributed by atoms with E-state index >= 15 is 0 Å². The van der Waals surface area contributed by atoms with Gasteiger partial charge in [-0.3, -0.25) is 14.4 Å². The zero-order valence-corrected chi connectivity index (χ0v) is 12.2. The van der Waals surface area contributed by atoms with E-state index < -0.39 is 35.0 Å². The Bertz CT molecular complexity index is 712. The summed E-state index contributed by atoms with van der Waals surface area (Å²) in [7, 11) is 0. The van der Waals surface area contributed by atoms with Crippen LogP contribution in [0.15, 0.2) is 24.3 Å². The molecule has 2 aliphatic rings. The van der Waals surface area contributed by atoms with Crippen LogP contribution in [0.4, 0.5) is 5.69 Å². The SMILES string of the molecule is CCOC(=O)C1(C#N)[C@@H]2C(=O)N(c3cccc(C)c3)C(=O)[C@@H]21. The van der Waals surface area contributed by atoms with Crippen LogP contribution >= 0.6 is 0 Å². The fourth-order valence-electron chi connectivity index (χ4n) is 3.16. The molecule has 0 aromatic heterocycles. The van der Waals surface area contributed by atoms with Gasteiger partial charge in [0.15, 0.2) is 5.41 Å². The van der Waals surface area contributed by atoms with Gasteiger partial charge in [0.2, 0.25) is 11.8 Å². The summed E-state index contributed by atoms with van der Waals surface area (Å²) in [5.41, 5.74) is -0.252. The number of carbonyl (C=O) groups excluding carboxylic acids is 3. The smallest absolute Gasteiger partial charge is 0.328 e. The molecule has 2 amide bonds. The lowest BCUT2D eigenvalue weighted by molar-refractivity contribution is -0.150. The van der Waals surface area contributed by atoms with Gasteiger partial charge in [-0.25, -0.2) is 4.90 Å². The van der Waals surface area contributed by atoms with E-state index in [4.69, 9.17) is 4.74 Å². The molecule has 6 heteroatoms. The number of benzene rings is 1. The van der Waals surface area contributed by atoms with Crippen molar-refractivity contribution < 1.29 is 19.1 Å². The molecule has 3 atom stereocenters. The molecule has 112 valence electrons. The summed E-state index contributed by atoms with van der Waals surface area (Å²) in [6.45, 7) is 3.57. The fraction of sp³-hybridized carbons (Fsp3) is 0.375. The van der Waals surface area contributed by atoms with Crippen LogP contribution < -0.4 is 4.90 Å². The number of piperidine rings is 1. The molecule has 1 aromatic carbocycles. The van der Waals surface area contributed by atoms with Gasteiger partial charge in [-0.2, -0.15) is 5.26 Å². The molecule has 22 heavy (non-hydrogen) atoms. The largest absolute Gasteiger partial charge is 0.465 e. The van der Waals surface area contributed by atoms with Crippen LogP contribution in [0.25, 0.3) is 0 Å². The number of imide groups is 1. The van der Waals surface area contributed by atoms with Crippen LogP contribution in [0, 0.1) is 35.5 Å². The number of aryl methyl sites for hydroxylation is 1. The fourth-order valence-corrected chi connectivity index (χ4v) is 3.16. The molecular weight excluding hydrogens is 284 g/mol. The second-order valence-electron chi connectivity index (χ2n) is 5.51. The number of anilines is 1. The molecule has 2 fully saturated rings. The number of esters is 1. The van der Waals surface area contributed by atoms with Crippen molar-refractivity contribution in [3.63, 3.8) is 0 Å². The zero-order chi connectivity index (χ0) is 16.1. The molecule has 1 saturated carbocycles. The second kappa shape index (κ2) is 4.67. The number of amides is 2. The molecule has 0 bridgehead atoms. The van der Waals surface area contributed by atoms with Gasteiger partial charge in [-0.15, -0.1) is 0 Å². The van der Waals surface area contributed by atoms with Crippen LogP contribution in [0.2, 0.25) is 0 Å². The van der Waals surface area contributed by atoms with Gasteiger partial charge in [0.05, 0.1) is 30.2 Å². The lowest BCUT2D eigenvalue weighted by Gasteiger charge is -2.20. The van der Waals surface area contributed by atoms with Crippen molar-refractivity contribution in [2.24, 2.45) is 17.3 Å². The maximum atomic E-state index is 12.5. The van der Waals surface area contributed by atoms with E-state index in [1.165, 1.54) is 0 Å². The Morgan fingerprint density at radius 2 is 2.00 bits per heavy atom. The van der Waals surface area contributed by atoms with Crippen molar-refractivity contribution in [2.75, 3.05) is 11.5 Å². The third-order valence-corrected chi connectivity index (χ3v) is 4.24. The third-order valence-electron chi connectivity index (χ3n) is 4.24. The van der Waals surface area contributed by atoms with Gasteiger partial charge in [-0.1, -0.05) is 12.1 Å². The number of fused-ring (bicyclic) bond motifs is 1. The number of nitrogens with zero attached hydrogens (tertiary/aromatic N) is 2. The number of carbonyl (C=O) groups is 3. The van der Waals surface area contributed by atoms with Gasteiger partial charge in [0.1, 0.15) is 0 Å². The molecule has 0 N–H and O–H groups in total. The first kappa shape index (κ1) is 14.3. The Morgan fingerprint density at radius 3 is 2.50 bits per heavy atom. The average Bonchev–Trinajstić information content (AvgIpc) is 3.10. The summed E-state index contributed by atoms with van der Waals surface area (Å²) in [6, 6.07) is 8.82. The minimum absolute atomic E-state index is 0.103. The van der Waals surface area contributed by atoms with Crippen LogP contribution in [-0.2, 0) is 19.1 Å². The van der Waals surface area contributed by atoms with Crippen LogP contribution in [0.1, 0.15) is 12.5 Å². The molecule has 6 nitrogen and oxygen atoms in total. The van der Waals surface area contributed by atoms with Gasteiger partial charge < -0.3 is 4.74 Å². The third kappa shape index (κ3) is 1.62. The molecule has 0 radical (unpaired) electrons. The molecule has 1 aromatic rings. The van der Waals surface area contributed by atoms with Gasteiger partial charge in [0.25, 0.3) is 0 Å². The van der Waals surface area contributed by atoms with Crippen LogP contribution in [0.3, 0.4) is 0 Å².